The van der Waals surface area contributed by atoms with Crippen molar-refractivity contribution >= 4 is 11.9 Å². The number of hydrogen-bond donors (Lipinski definition) is 4. The van der Waals surface area contributed by atoms with Gasteiger partial charge in [-0.25, -0.2) is 9.78 Å². The summed E-state index contributed by atoms with van der Waals surface area (Å²) in [5.74, 6) is 0.589. The second kappa shape index (κ2) is 10.8. The summed E-state index contributed by atoms with van der Waals surface area (Å²) in [5, 5.41) is 8.74. The highest BCUT2D eigenvalue weighted by Crippen LogP contribution is 2.27. The summed E-state index contributed by atoms with van der Waals surface area (Å²) >= 11 is 0. The summed E-state index contributed by atoms with van der Waals surface area (Å²) < 4.78 is 5.91. The van der Waals surface area contributed by atoms with E-state index in [0.29, 0.717) is 26.1 Å². The smallest absolute Gasteiger partial charge is 0.315 e. The van der Waals surface area contributed by atoms with Crippen molar-refractivity contribution in [3.05, 3.63) is 18.2 Å². The Morgan fingerprint density at radius 3 is 2.81 bits per heavy atom. The van der Waals surface area contributed by atoms with Crippen LogP contribution in [0.3, 0.4) is 0 Å². The number of nitrogens with one attached hydrogen (secondary N) is 4. The van der Waals surface area contributed by atoms with Crippen LogP contribution in [0.15, 0.2) is 12.4 Å². The van der Waals surface area contributed by atoms with Crippen LogP contribution < -0.4 is 16.0 Å². The number of ether oxygens (including phenoxy) is 1. The zero-order chi connectivity index (χ0) is 18.8. The van der Waals surface area contributed by atoms with Gasteiger partial charge < -0.3 is 25.7 Å². The number of aromatic amines is 1. The fourth-order valence-electron chi connectivity index (χ4n) is 3.17. The van der Waals surface area contributed by atoms with Gasteiger partial charge in [0.15, 0.2) is 0 Å². The van der Waals surface area contributed by atoms with Crippen LogP contribution in [0.2, 0.25) is 0 Å². The molecule has 1 aromatic rings. The molecule has 146 valence electrons. The van der Waals surface area contributed by atoms with Crippen LogP contribution in [-0.2, 0) is 16.1 Å². The predicted molar refractivity (Wildman–Crippen MR) is 98.4 cm³/mol. The average molecular weight is 365 g/mol. The van der Waals surface area contributed by atoms with Crippen LogP contribution >= 0.6 is 0 Å². The quantitative estimate of drug-likeness (QED) is 0.534. The fourth-order valence-corrected chi connectivity index (χ4v) is 3.17. The number of carbonyl (C=O) groups is 2. The van der Waals surface area contributed by atoms with Crippen molar-refractivity contribution in [1.29, 1.82) is 0 Å². The number of nitrogens with zero attached hydrogens (tertiary/aromatic N) is 1. The predicted octanol–water partition coefficient (Wildman–Crippen LogP) is 1.70. The normalized spacial score (nSPS) is 22.6. The van der Waals surface area contributed by atoms with Gasteiger partial charge in [0.1, 0.15) is 5.82 Å². The van der Waals surface area contributed by atoms with E-state index in [0.717, 1.165) is 31.5 Å². The standard InChI is InChI=1S/C18H31N5O3/c1-3-7-21-18(25)23-14-11-13(5-6-15(14)26-10-4-2)17(24)22-12-16-19-8-9-20-16/h8-9,13-15H,3-7,10-12H2,1-2H3,(H,19,20)(H,22,24)(H2,21,23,25)/t13-,14+,15+/m0/s1. The third-order valence-electron chi connectivity index (χ3n) is 4.53. The lowest BCUT2D eigenvalue weighted by atomic mass is 9.83. The zero-order valence-corrected chi connectivity index (χ0v) is 15.7. The Labute approximate surface area is 154 Å². The number of urea groups is 1. The molecule has 4 N–H and O–H groups in total. The van der Waals surface area contributed by atoms with Gasteiger partial charge in [-0.05, 0) is 32.1 Å². The molecule has 0 aromatic carbocycles. The molecule has 26 heavy (non-hydrogen) atoms. The van der Waals surface area contributed by atoms with Gasteiger partial charge in [-0.15, -0.1) is 0 Å². The van der Waals surface area contributed by atoms with Crippen LogP contribution in [0, 0.1) is 5.92 Å². The first-order valence-corrected chi connectivity index (χ1v) is 9.55. The molecule has 8 nitrogen and oxygen atoms in total. The van der Waals surface area contributed by atoms with Crippen molar-refractivity contribution in [2.45, 2.75) is 64.6 Å². The Hall–Kier alpha value is -2.09. The van der Waals surface area contributed by atoms with Gasteiger partial charge in [-0.1, -0.05) is 13.8 Å². The molecule has 1 aromatic heterocycles. The Morgan fingerprint density at radius 2 is 2.12 bits per heavy atom. The van der Waals surface area contributed by atoms with Gasteiger partial charge in [-0.3, -0.25) is 4.79 Å². The van der Waals surface area contributed by atoms with E-state index < -0.39 is 0 Å². The minimum Gasteiger partial charge on any atom is -0.376 e. The highest BCUT2D eigenvalue weighted by molar-refractivity contribution is 5.79. The summed E-state index contributed by atoms with van der Waals surface area (Å²) in [5.41, 5.74) is 0. The van der Waals surface area contributed by atoms with Crippen LogP contribution in [-0.4, -0.2) is 47.2 Å². The van der Waals surface area contributed by atoms with E-state index in [1.165, 1.54) is 0 Å². The van der Waals surface area contributed by atoms with E-state index in [-0.39, 0.29) is 30.0 Å². The molecule has 0 saturated heterocycles. The summed E-state index contributed by atoms with van der Waals surface area (Å²) in [4.78, 5) is 31.6. The number of carbonyl (C=O) groups excluding carboxylic acids is 2. The lowest BCUT2D eigenvalue weighted by molar-refractivity contribution is -0.127. The molecule has 3 atom stereocenters. The maximum atomic E-state index is 12.5. The third kappa shape index (κ3) is 6.33. The summed E-state index contributed by atoms with van der Waals surface area (Å²) in [7, 11) is 0. The monoisotopic (exact) mass is 365 g/mol. The van der Waals surface area contributed by atoms with Gasteiger partial charge in [0.25, 0.3) is 0 Å². The Balaban J connectivity index is 1.89. The SMILES string of the molecule is CCCNC(=O)N[C@@H]1C[C@@H](C(=O)NCc2ncc[nH]2)CC[C@H]1OCCC. The summed E-state index contributed by atoms with van der Waals surface area (Å²) in [6.07, 6.45) is 7.25. The van der Waals surface area contributed by atoms with E-state index >= 15 is 0 Å². The largest absolute Gasteiger partial charge is 0.376 e. The summed E-state index contributed by atoms with van der Waals surface area (Å²) in [6.45, 7) is 5.74. The van der Waals surface area contributed by atoms with Gasteiger partial charge in [0.05, 0.1) is 18.7 Å². The molecule has 1 saturated carbocycles. The molecule has 0 spiro atoms. The lowest BCUT2D eigenvalue weighted by Crippen LogP contribution is -2.53. The summed E-state index contributed by atoms with van der Waals surface area (Å²) in [6, 6.07) is -0.356. The van der Waals surface area contributed by atoms with E-state index in [1.54, 1.807) is 12.4 Å². The van der Waals surface area contributed by atoms with Crippen molar-refractivity contribution in [3.63, 3.8) is 0 Å². The molecule has 2 rings (SSSR count). The van der Waals surface area contributed by atoms with Gasteiger partial charge in [-0.2, -0.15) is 0 Å². The van der Waals surface area contributed by atoms with Crippen LogP contribution in [0.4, 0.5) is 4.79 Å². The molecular weight excluding hydrogens is 334 g/mol. The first-order valence-electron chi connectivity index (χ1n) is 9.55. The lowest BCUT2D eigenvalue weighted by Gasteiger charge is -2.35. The second-order valence-electron chi connectivity index (χ2n) is 6.68. The molecule has 8 heteroatoms. The van der Waals surface area contributed by atoms with Gasteiger partial charge in [0, 0.05) is 31.5 Å². The first-order chi connectivity index (χ1) is 12.6. The van der Waals surface area contributed by atoms with Crippen molar-refractivity contribution < 1.29 is 14.3 Å². The topological polar surface area (TPSA) is 108 Å². The number of H-pyrrole nitrogens is 1. The molecule has 1 heterocycles. The molecule has 0 radical (unpaired) electrons. The Kier molecular flexibility index (Phi) is 8.40. The van der Waals surface area contributed by atoms with E-state index in [9.17, 15) is 9.59 Å². The number of imidazole rings is 1. The Bertz CT molecular complexity index is 549. The van der Waals surface area contributed by atoms with Crippen molar-refractivity contribution in [2.24, 2.45) is 5.92 Å². The molecule has 3 amide bonds. The maximum Gasteiger partial charge on any atom is 0.315 e. The van der Waals surface area contributed by atoms with Crippen molar-refractivity contribution in [2.75, 3.05) is 13.2 Å². The van der Waals surface area contributed by atoms with Crippen LogP contribution in [0.1, 0.15) is 51.8 Å². The maximum absolute atomic E-state index is 12.5. The number of aromatic nitrogens is 2. The Morgan fingerprint density at radius 1 is 1.27 bits per heavy atom. The van der Waals surface area contributed by atoms with Crippen LogP contribution in [0.25, 0.3) is 0 Å². The minimum atomic E-state index is -0.196. The van der Waals surface area contributed by atoms with E-state index in [2.05, 4.69) is 32.8 Å². The zero-order valence-electron chi connectivity index (χ0n) is 15.7. The van der Waals surface area contributed by atoms with E-state index in [1.807, 2.05) is 6.92 Å². The molecule has 1 fully saturated rings. The van der Waals surface area contributed by atoms with E-state index in [4.69, 9.17) is 4.74 Å². The molecular formula is C18H31N5O3. The fraction of sp³-hybridized carbons (Fsp3) is 0.722. The average Bonchev–Trinajstić information content (AvgIpc) is 3.17. The molecule has 0 aliphatic heterocycles. The molecule has 1 aliphatic carbocycles. The molecule has 0 bridgehead atoms. The van der Waals surface area contributed by atoms with Crippen molar-refractivity contribution in [1.82, 2.24) is 25.9 Å². The minimum absolute atomic E-state index is 0.00360. The number of rotatable bonds is 9. The first kappa shape index (κ1) is 20.2. The second-order valence-corrected chi connectivity index (χ2v) is 6.68. The number of hydrogen-bond acceptors (Lipinski definition) is 4. The third-order valence-corrected chi connectivity index (χ3v) is 4.53. The van der Waals surface area contributed by atoms with Gasteiger partial charge >= 0.3 is 6.03 Å². The molecule has 0 unspecified atom stereocenters. The highest BCUT2D eigenvalue weighted by Gasteiger charge is 2.35. The van der Waals surface area contributed by atoms with Gasteiger partial charge in [0.2, 0.25) is 5.91 Å². The molecule has 1 aliphatic rings. The van der Waals surface area contributed by atoms with Crippen molar-refractivity contribution in [3.8, 4) is 0 Å². The van der Waals surface area contributed by atoms with Crippen LogP contribution in [0.5, 0.6) is 0 Å². The number of amides is 3. The highest BCUT2D eigenvalue weighted by atomic mass is 16.5.